The third-order valence-corrected chi connectivity index (χ3v) is 3.91. The van der Waals surface area contributed by atoms with Crippen LogP contribution in [0, 0.1) is 0 Å². The predicted octanol–water partition coefficient (Wildman–Crippen LogP) is 5.42. The number of hydrogen-bond donors (Lipinski definition) is 1. The molecule has 1 amide bonds. The van der Waals surface area contributed by atoms with E-state index in [4.69, 9.17) is 0 Å². The van der Waals surface area contributed by atoms with Gasteiger partial charge in [0.05, 0.1) is 16.7 Å². The lowest BCUT2D eigenvalue weighted by atomic mass is 10.0. The van der Waals surface area contributed by atoms with Gasteiger partial charge in [-0.1, -0.05) is 12.1 Å². The molecule has 1 N–H and O–H groups in total. The summed E-state index contributed by atoms with van der Waals surface area (Å²) in [4.78, 5) is 12.0. The Kier molecular flexibility index (Phi) is 5.46. The van der Waals surface area contributed by atoms with Crippen LogP contribution in [-0.2, 0) is 18.9 Å². The summed E-state index contributed by atoms with van der Waals surface area (Å²) in [7, 11) is 0. The Labute approximate surface area is 147 Å². The number of hydrogen-bond acceptors (Lipinski definition) is 1. The van der Waals surface area contributed by atoms with Crippen LogP contribution in [0.25, 0.3) is 0 Å². The number of carbonyl (C=O) groups excluding carboxylic acids is 1. The molecule has 9 heteroatoms. The molecule has 2 nitrogen and oxygen atoms in total. The first kappa shape index (κ1) is 19.3. The molecule has 2 aromatic rings. The van der Waals surface area contributed by atoms with Crippen LogP contribution in [0.2, 0.25) is 0 Å². The lowest BCUT2D eigenvalue weighted by molar-refractivity contribution is -0.143. The van der Waals surface area contributed by atoms with Crippen molar-refractivity contribution in [2.24, 2.45) is 0 Å². The second kappa shape index (κ2) is 7.07. The average molecular weight is 426 g/mol. The fourth-order valence-electron chi connectivity index (χ4n) is 2.04. The Morgan fingerprint density at radius 3 is 1.92 bits per heavy atom. The van der Waals surface area contributed by atoms with E-state index in [0.717, 1.165) is 0 Å². The van der Waals surface area contributed by atoms with E-state index in [1.165, 1.54) is 6.07 Å². The summed E-state index contributed by atoms with van der Waals surface area (Å²) in [5.41, 5.74) is -2.94. The zero-order valence-corrected chi connectivity index (χ0v) is 13.9. The number of amides is 1. The van der Waals surface area contributed by atoms with Gasteiger partial charge in [-0.05, 0) is 51.8 Å². The first-order valence-corrected chi connectivity index (χ1v) is 7.59. The van der Waals surface area contributed by atoms with Gasteiger partial charge in [-0.2, -0.15) is 26.3 Å². The Bertz CT molecular complexity index is 753. The highest BCUT2D eigenvalue weighted by molar-refractivity contribution is 9.10. The molecule has 0 bridgehead atoms. The van der Waals surface area contributed by atoms with Gasteiger partial charge in [-0.25, -0.2) is 0 Å². The number of nitrogens with one attached hydrogen (secondary N) is 1. The summed E-state index contributed by atoms with van der Waals surface area (Å²) in [6.45, 7) is -0.479. The van der Waals surface area contributed by atoms with E-state index in [2.05, 4.69) is 21.2 Å². The van der Waals surface area contributed by atoms with Crippen LogP contribution in [-0.4, -0.2) is 5.91 Å². The van der Waals surface area contributed by atoms with E-state index in [1.807, 2.05) is 0 Å². The second-order valence-corrected chi connectivity index (χ2v) is 5.93. The molecule has 0 aromatic heterocycles. The first-order valence-electron chi connectivity index (χ1n) is 6.79. The zero-order chi connectivity index (χ0) is 18.8. The van der Waals surface area contributed by atoms with Crippen molar-refractivity contribution in [3.63, 3.8) is 0 Å². The molecular weight excluding hydrogens is 416 g/mol. The third-order valence-electron chi connectivity index (χ3n) is 3.22. The van der Waals surface area contributed by atoms with Gasteiger partial charge in [-0.15, -0.1) is 0 Å². The highest BCUT2D eigenvalue weighted by atomic mass is 79.9. The van der Waals surface area contributed by atoms with E-state index in [0.29, 0.717) is 16.6 Å². The van der Waals surface area contributed by atoms with Gasteiger partial charge < -0.3 is 5.32 Å². The molecule has 2 aromatic carbocycles. The number of halogens is 7. The average Bonchev–Trinajstić information content (AvgIpc) is 2.51. The number of benzene rings is 2. The number of alkyl halides is 6. The smallest absolute Gasteiger partial charge is 0.348 e. The quantitative estimate of drug-likeness (QED) is 0.653. The molecular formula is C16H10BrF6NO. The molecule has 25 heavy (non-hydrogen) atoms. The molecule has 0 aliphatic rings. The minimum Gasteiger partial charge on any atom is -0.348 e. The monoisotopic (exact) mass is 425 g/mol. The van der Waals surface area contributed by atoms with Crippen LogP contribution >= 0.6 is 15.9 Å². The maximum absolute atomic E-state index is 12.8. The zero-order valence-electron chi connectivity index (χ0n) is 12.3. The highest BCUT2D eigenvalue weighted by Gasteiger charge is 2.36. The van der Waals surface area contributed by atoms with Crippen molar-refractivity contribution in [1.29, 1.82) is 0 Å². The standard InChI is InChI=1S/C16H10BrF6NO/c17-13-4-2-1-3-12(13)14(25)24-8-9-5-10(15(18,19)20)7-11(6-9)16(21,22)23/h1-7H,8H2,(H,24,25). The Hall–Kier alpha value is -2.03. The van der Waals surface area contributed by atoms with E-state index in [-0.39, 0.29) is 17.2 Å². The maximum atomic E-state index is 12.8. The third kappa shape index (κ3) is 4.97. The van der Waals surface area contributed by atoms with Crippen LogP contribution in [0.15, 0.2) is 46.9 Å². The molecule has 134 valence electrons. The molecule has 0 unspecified atom stereocenters. The second-order valence-electron chi connectivity index (χ2n) is 5.08. The Morgan fingerprint density at radius 1 is 0.920 bits per heavy atom. The summed E-state index contributed by atoms with van der Waals surface area (Å²) >= 11 is 3.14. The molecule has 0 atom stereocenters. The van der Waals surface area contributed by atoms with Crippen molar-refractivity contribution in [2.45, 2.75) is 18.9 Å². The van der Waals surface area contributed by atoms with E-state index in [1.54, 1.807) is 18.2 Å². The van der Waals surface area contributed by atoms with Gasteiger partial charge in [0.15, 0.2) is 0 Å². The van der Waals surface area contributed by atoms with E-state index < -0.39 is 35.9 Å². The van der Waals surface area contributed by atoms with E-state index in [9.17, 15) is 31.1 Å². The van der Waals surface area contributed by atoms with Gasteiger partial charge in [0, 0.05) is 11.0 Å². The van der Waals surface area contributed by atoms with Crippen LogP contribution in [0.4, 0.5) is 26.3 Å². The topological polar surface area (TPSA) is 29.1 Å². The van der Waals surface area contributed by atoms with Crippen molar-refractivity contribution in [1.82, 2.24) is 5.32 Å². The number of carbonyl (C=O) groups is 1. The summed E-state index contributed by atoms with van der Waals surface area (Å²) in [5, 5.41) is 2.31. The minimum atomic E-state index is -4.93. The fourth-order valence-corrected chi connectivity index (χ4v) is 2.51. The summed E-state index contributed by atoms with van der Waals surface area (Å²) < 4.78 is 77.2. The SMILES string of the molecule is O=C(NCc1cc(C(F)(F)F)cc(C(F)(F)F)c1)c1ccccc1Br. The molecule has 2 rings (SSSR count). The molecule has 0 heterocycles. The molecule has 0 aliphatic heterocycles. The predicted molar refractivity (Wildman–Crippen MR) is 81.8 cm³/mol. The highest BCUT2D eigenvalue weighted by Crippen LogP contribution is 2.36. The van der Waals surface area contributed by atoms with Crippen LogP contribution < -0.4 is 5.32 Å². The lowest BCUT2D eigenvalue weighted by Gasteiger charge is -2.14. The van der Waals surface area contributed by atoms with Crippen molar-refractivity contribution >= 4 is 21.8 Å². The Balaban J connectivity index is 2.27. The lowest BCUT2D eigenvalue weighted by Crippen LogP contribution is -2.24. The van der Waals surface area contributed by atoms with Crippen molar-refractivity contribution in [2.75, 3.05) is 0 Å². The number of rotatable bonds is 3. The van der Waals surface area contributed by atoms with Gasteiger partial charge in [0.1, 0.15) is 0 Å². The minimum absolute atomic E-state index is 0.0408. The van der Waals surface area contributed by atoms with Gasteiger partial charge >= 0.3 is 12.4 Å². The molecule has 0 fully saturated rings. The molecule has 0 saturated carbocycles. The van der Waals surface area contributed by atoms with Crippen LogP contribution in [0.3, 0.4) is 0 Å². The Morgan fingerprint density at radius 2 is 1.44 bits per heavy atom. The summed E-state index contributed by atoms with van der Waals surface area (Å²) in [6, 6.07) is 7.48. The molecule has 0 spiro atoms. The fraction of sp³-hybridized carbons (Fsp3) is 0.188. The van der Waals surface area contributed by atoms with E-state index >= 15 is 0 Å². The van der Waals surface area contributed by atoms with Crippen LogP contribution in [0.5, 0.6) is 0 Å². The molecule has 0 radical (unpaired) electrons. The van der Waals surface area contributed by atoms with Crippen LogP contribution in [0.1, 0.15) is 27.0 Å². The van der Waals surface area contributed by atoms with Crippen molar-refractivity contribution in [3.05, 3.63) is 69.2 Å². The summed E-state index contributed by atoms with van der Waals surface area (Å²) in [6.07, 6.45) is -9.86. The maximum Gasteiger partial charge on any atom is 0.416 e. The largest absolute Gasteiger partial charge is 0.416 e. The molecule has 0 aliphatic carbocycles. The van der Waals surface area contributed by atoms with Crippen molar-refractivity contribution < 1.29 is 31.1 Å². The summed E-state index contributed by atoms with van der Waals surface area (Å²) in [5.74, 6) is -0.626. The van der Waals surface area contributed by atoms with Gasteiger partial charge in [0.2, 0.25) is 0 Å². The van der Waals surface area contributed by atoms with Gasteiger partial charge in [0.25, 0.3) is 5.91 Å². The van der Waals surface area contributed by atoms with Crippen molar-refractivity contribution in [3.8, 4) is 0 Å². The first-order chi connectivity index (χ1) is 11.5. The normalized spacial score (nSPS) is 12.1. The molecule has 0 saturated heterocycles. The van der Waals surface area contributed by atoms with Gasteiger partial charge in [-0.3, -0.25) is 4.79 Å².